The van der Waals surface area contributed by atoms with Gasteiger partial charge in [0.25, 0.3) is 5.91 Å². The van der Waals surface area contributed by atoms with Crippen molar-refractivity contribution in [2.24, 2.45) is 0 Å². The number of nitrogens with zero attached hydrogens (tertiary/aromatic N) is 3. The standard InChI is InChI=1S/C22H24N4O2/c23-21-5-1-3-19(24-21)18-8-6-17(7-9-18)10-11-25-12-14-26(15-13-25)22(27)20-4-2-16-28-20/h1-9,16H,10-15H2,(H2,23,24). The molecule has 0 saturated carbocycles. The highest BCUT2D eigenvalue weighted by Gasteiger charge is 2.23. The second kappa shape index (κ2) is 8.27. The van der Waals surface area contributed by atoms with E-state index in [1.807, 2.05) is 17.0 Å². The summed E-state index contributed by atoms with van der Waals surface area (Å²) in [5.74, 6) is 0.935. The van der Waals surface area contributed by atoms with Gasteiger partial charge in [0.2, 0.25) is 0 Å². The summed E-state index contributed by atoms with van der Waals surface area (Å²) in [6.45, 7) is 4.23. The van der Waals surface area contributed by atoms with Crippen LogP contribution in [0.2, 0.25) is 0 Å². The Kier molecular flexibility index (Phi) is 5.39. The number of piperazine rings is 1. The van der Waals surface area contributed by atoms with E-state index in [-0.39, 0.29) is 5.91 Å². The molecule has 0 radical (unpaired) electrons. The van der Waals surface area contributed by atoms with E-state index in [2.05, 4.69) is 34.1 Å². The molecule has 1 aliphatic heterocycles. The molecule has 2 aromatic heterocycles. The maximum Gasteiger partial charge on any atom is 0.289 e. The van der Waals surface area contributed by atoms with Gasteiger partial charge in [0, 0.05) is 38.3 Å². The molecule has 6 heteroatoms. The number of carbonyl (C=O) groups excluding carboxylic acids is 1. The normalized spacial score (nSPS) is 14.9. The molecular formula is C22H24N4O2. The molecule has 1 amide bonds. The quantitative estimate of drug-likeness (QED) is 0.741. The Labute approximate surface area is 164 Å². The molecule has 1 aliphatic rings. The Balaban J connectivity index is 1.27. The van der Waals surface area contributed by atoms with E-state index >= 15 is 0 Å². The zero-order valence-electron chi connectivity index (χ0n) is 15.8. The number of amides is 1. The molecule has 3 aromatic rings. The predicted octanol–water partition coefficient (Wildman–Crippen LogP) is 2.92. The minimum absolute atomic E-state index is 0.0182. The first kappa shape index (κ1) is 18.3. The number of hydrogen-bond donors (Lipinski definition) is 1. The van der Waals surface area contributed by atoms with Gasteiger partial charge >= 0.3 is 0 Å². The topological polar surface area (TPSA) is 75.6 Å². The molecule has 0 aliphatic carbocycles. The lowest BCUT2D eigenvalue weighted by atomic mass is 10.1. The predicted molar refractivity (Wildman–Crippen MR) is 109 cm³/mol. The Morgan fingerprint density at radius 2 is 1.79 bits per heavy atom. The number of anilines is 1. The molecule has 1 fully saturated rings. The van der Waals surface area contributed by atoms with Crippen LogP contribution in [0.5, 0.6) is 0 Å². The van der Waals surface area contributed by atoms with Crippen molar-refractivity contribution >= 4 is 11.7 Å². The Morgan fingerprint density at radius 1 is 1.00 bits per heavy atom. The van der Waals surface area contributed by atoms with E-state index < -0.39 is 0 Å². The van der Waals surface area contributed by atoms with Gasteiger partial charge in [-0.25, -0.2) is 4.98 Å². The second-order valence-corrected chi connectivity index (χ2v) is 7.01. The number of nitrogens with two attached hydrogens (primary N) is 1. The summed E-state index contributed by atoms with van der Waals surface area (Å²) in [6.07, 6.45) is 2.52. The van der Waals surface area contributed by atoms with Crippen LogP contribution >= 0.6 is 0 Å². The van der Waals surface area contributed by atoms with E-state index in [0.717, 1.165) is 50.4 Å². The van der Waals surface area contributed by atoms with Gasteiger partial charge < -0.3 is 15.1 Å². The maximum absolute atomic E-state index is 12.3. The Bertz CT molecular complexity index is 914. The molecule has 0 spiro atoms. The van der Waals surface area contributed by atoms with Crippen LogP contribution in [0, 0.1) is 0 Å². The van der Waals surface area contributed by atoms with Crippen LogP contribution in [0.1, 0.15) is 16.1 Å². The highest BCUT2D eigenvalue weighted by Crippen LogP contribution is 2.19. The van der Waals surface area contributed by atoms with Gasteiger partial charge in [-0.05, 0) is 36.2 Å². The lowest BCUT2D eigenvalue weighted by molar-refractivity contribution is 0.0607. The fourth-order valence-electron chi connectivity index (χ4n) is 3.47. The first-order chi connectivity index (χ1) is 13.7. The van der Waals surface area contributed by atoms with Crippen LogP contribution < -0.4 is 5.73 Å². The summed E-state index contributed by atoms with van der Waals surface area (Å²) < 4.78 is 5.21. The lowest BCUT2D eigenvalue weighted by Crippen LogP contribution is -2.49. The van der Waals surface area contributed by atoms with Crippen LogP contribution in [-0.4, -0.2) is 53.4 Å². The number of hydrogen-bond acceptors (Lipinski definition) is 5. The van der Waals surface area contributed by atoms with Gasteiger partial charge in [-0.1, -0.05) is 30.3 Å². The third-order valence-corrected chi connectivity index (χ3v) is 5.13. The Hall–Kier alpha value is -3.12. The summed E-state index contributed by atoms with van der Waals surface area (Å²) in [7, 11) is 0. The summed E-state index contributed by atoms with van der Waals surface area (Å²) in [5.41, 5.74) is 9.02. The van der Waals surface area contributed by atoms with E-state index in [1.165, 1.54) is 11.8 Å². The van der Waals surface area contributed by atoms with E-state index in [1.54, 1.807) is 18.2 Å². The minimum Gasteiger partial charge on any atom is -0.459 e. The van der Waals surface area contributed by atoms with E-state index in [9.17, 15) is 4.79 Å². The molecule has 1 saturated heterocycles. The van der Waals surface area contributed by atoms with Crippen molar-refractivity contribution in [2.45, 2.75) is 6.42 Å². The van der Waals surface area contributed by atoms with Crippen molar-refractivity contribution < 1.29 is 9.21 Å². The summed E-state index contributed by atoms with van der Waals surface area (Å²) >= 11 is 0. The molecule has 3 heterocycles. The van der Waals surface area contributed by atoms with Crippen molar-refractivity contribution in [3.05, 3.63) is 72.2 Å². The third kappa shape index (κ3) is 4.23. The van der Waals surface area contributed by atoms with Crippen molar-refractivity contribution in [1.29, 1.82) is 0 Å². The molecule has 4 rings (SSSR count). The number of carbonyl (C=O) groups is 1. The average molecular weight is 376 g/mol. The van der Waals surface area contributed by atoms with Crippen molar-refractivity contribution in [3.8, 4) is 11.3 Å². The Morgan fingerprint density at radius 3 is 2.46 bits per heavy atom. The van der Waals surface area contributed by atoms with Crippen LogP contribution in [0.3, 0.4) is 0 Å². The zero-order chi connectivity index (χ0) is 19.3. The van der Waals surface area contributed by atoms with Gasteiger partial charge in [0.15, 0.2) is 5.76 Å². The number of aromatic nitrogens is 1. The number of benzene rings is 1. The molecule has 28 heavy (non-hydrogen) atoms. The number of nitrogen functional groups attached to an aromatic ring is 1. The number of rotatable bonds is 5. The molecule has 0 unspecified atom stereocenters. The van der Waals surface area contributed by atoms with Crippen molar-refractivity contribution in [3.63, 3.8) is 0 Å². The monoisotopic (exact) mass is 376 g/mol. The SMILES string of the molecule is Nc1cccc(-c2ccc(CCN3CCN(C(=O)c4ccco4)CC3)cc2)n1. The van der Waals surface area contributed by atoms with Gasteiger partial charge in [0.1, 0.15) is 5.82 Å². The van der Waals surface area contributed by atoms with Gasteiger partial charge in [-0.15, -0.1) is 0 Å². The minimum atomic E-state index is -0.0182. The highest BCUT2D eigenvalue weighted by atomic mass is 16.3. The lowest BCUT2D eigenvalue weighted by Gasteiger charge is -2.34. The first-order valence-electron chi connectivity index (χ1n) is 9.56. The summed E-state index contributed by atoms with van der Waals surface area (Å²) in [4.78, 5) is 20.9. The third-order valence-electron chi connectivity index (χ3n) is 5.13. The fourth-order valence-corrected chi connectivity index (χ4v) is 3.47. The van der Waals surface area contributed by atoms with Crippen LogP contribution in [0.4, 0.5) is 5.82 Å². The van der Waals surface area contributed by atoms with E-state index in [0.29, 0.717) is 11.6 Å². The van der Waals surface area contributed by atoms with Gasteiger partial charge in [-0.3, -0.25) is 9.69 Å². The fraction of sp³-hybridized carbons (Fsp3) is 0.273. The number of pyridine rings is 1. The highest BCUT2D eigenvalue weighted by molar-refractivity contribution is 5.91. The molecule has 1 aromatic carbocycles. The molecular weight excluding hydrogens is 352 g/mol. The summed E-state index contributed by atoms with van der Waals surface area (Å²) in [5, 5.41) is 0. The largest absolute Gasteiger partial charge is 0.459 e. The van der Waals surface area contributed by atoms with Crippen molar-refractivity contribution in [1.82, 2.24) is 14.8 Å². The molecule has 144 valence electrons. The van der Waals surface area contributed by atoms with Crippen LogP contribution in [0.15, 0.2) is 65.3 Å². The zero-order valence-corrected chi connectivity index (χ0v) is 15.8. The smallest absolute Gasteiger partial charge is 0.289 e. The molecule has 0 atom stereocenters. The first-order valence-corrected chi connectivity index (χ1v) is 9.56. The summed E-state index contributed by atoms with van der Waals surface area (Å²) in [6, 6.07) is 17.6. The number of furan rings is 1. The maximum atomic E-state index is 12.3. The van der Waals surface area contributed by atoms with Gasteiger partial charge in [0.05, 0.1) is 12.0 Å². The average Bonchev–Trinajstić information content (AvgIpc) is 3.27. The van der Waals surface area contributed by atoms with Gasteiger partial charge in [-0.2, -0.15) is 0 Å². The van der Waals surface area contributed by atoms with Crippen LogP contribution in [0.25, 0.3) is 11.3 Å². The molecule has 2 N–H and O–H groups in total. The second-order valence-electron chi connectivity index (χ2n) is 7.01. The molecule has 0 bridgehead atoms. The van der Waals surface area contributed by atoms with E-state index in [4.69, 9.17) is 10.2 Å². The molecule has 6 nitrogen and oxygen atoms in total. The van der Waals surface area contributed by atoms with Crippen LogP contribution in [-0.2, 0) is 6.42 Å². The van der Waals surface area contributed by atoms with Crippen molar-refractivity contribution in [2.75, 3.05) is 38.5 Å².